The van der Waals surface area contributed by atoms with Gasteiger partial charge in [0, 0.05) is 30.3 Å². The van der Waals surface area contributed by atoms with Crippen LogP contribution in [0.4, 0.5) is 5.69 Å². The maximum atomic E-state index is 9.33. The normalized spacial score (nSPS) is 20.4. The molecule has 4 heteroatoms. The van der Waals surface area contributed by atoms with Crippen molar-refractivity contribution in [1.29, 1.82) is 10.5 Å². The van der Waals surface area contributed by atoms with Gasteiger partial charge in [-0.25, -0.2) is 0 Å². The number of hydrogen-bond acceptors (Lipinski definition) is 4. The van der Waals surface area contributed by atoms with E-state index in [1.807, 2.05) is 32.1 Å². The summed E-state index contributed by atoms with van der Waals surface area (Å²) in [6.07, 6.45) is 9.85. The Labute approximate surface area is 198 Å². The number of hydrogen-bond donors (Lipinski definition) is 0. The van der Waals surface area contributed by atoms with Crippen LogP contribution in [0.1, 0.15) is 64.7 Å². The molecule has 0 bridgehead atoms. The van der Waals surface area contributed by atoms with Gasteiger partial charge in [-0.3, -0.25) is 0 Å². The lowest BCUT2D eigenvalue weighted by molar-refractivity contribution is 0.275. The maximum absolute atomic E-state index is 9.33. The van der Waals surface area contributed by atoms with E-state index in [9.17, 15) is 10.5 Å². The summed E-state index contributed by atoms with van der Waals surface area (Å²) in [5.74, 6) is 1.55. The molecule has 0 fully saturated rings. The van der Waals surface area contributed by atoms with E-state index in [1.165, 1.54) is 16.8 Å². The topological polar surface area (TPSA) is 60.0 Å². The highest BCUT2D eigenvalue weighted by Crippen LogP contribution is 2.47. The van der Waals surface area contributed by atoms with Crippen LogP contribution in [0, 0.1) is 34.0 Å². The standard InChI is InChI=1S/C29H33N3O/c1-19(2)26-14-21(23(16-30)17-31)13-24(33-26)8-7-20-11-22-15-28(3,4)18-32-10-9-29(5,6)25(12-20)27(22)32/h7-8,11-14,19H,9-10,15,18H2,1-6H3. The Bertz CT molecular complexity index is 1180. The fourth-order valence-electron chi connectivity index (χ4n) is 5.13. The SMILES string of the molecule is CC(C)C1=CC(=C(C#N)C#N)C=C(C=Cc2cc3c4c(c2)C(C)(C)CCN4CC(C)(C)C3)O1. The predicted molar refractivity (Wildman–Crippen MR) is 133 cm³/mol. The van der Waals surface area contributed by atoms with E-state index in [0.717, 1.165) is 37.3 Å². The maximum Gasteiger partial charge on any atom is 0.137 e. The Morgan fingerprint density at radius 2 is 1.82 bits per heavy atom. The Morgan fingerprint density at radius 1 is 1.09 bits per heavy atom. The summed E-state index contributed by atoms with van der Waals surface area (Å²) in [6, 6.07) is 8.64. The average Bonchev–Trinajstić information content (AvgIpc) is 2.74. The molecule has 0 unspecified atom stereocenters. The number of anilines is 1. The molecule has 3 aliphatic rings. The van der Waals surface area contributed by atoms with Gasteiger partial charge in [0.05, 0.1) is 0 Å². The number of ether oxygens (including phenoxy) is 1. The van der Waals surface area contributed by atoms with Crippen molar-refractivity contribution in [3.63, 3.8) is 0 Å². The summed E-state index contributed by atoms with van der Waals surface area (Å²) >= 11 is 0. The highest BCUT2D eigenvalue weighted by Gasteiger charge is 2.39. The van der Waals surface area contributed by atoms with Crippen molar-refractivity contribution in [2.24, 2.45) is 11.3 Å². The molecule has 0 amide bonds. The Morgan fingerprint density at radius 3 is 2.48 bits per heavy atom. The molecule has 0 spiro atoms. The van der Waals surface area contributed by atoms with Gasteiger partial charge in [-0.05, 0) is 70.7 Å². The second kappa shape index (κ2) is 8.27. The largest absolute Gasteiger partial charge is 0.461 e. The molecule has 0 atom stereocenters. The number of benzene rings is 1. The van der Waals surface area contributed by atoms with Gasteiger partial charge in [0.25, 0.3) is 0 Å². The molecule has 0 N–H and O–H groups in total. The van der Waals surface area contributed by atoms with Crippen LogP contribution in [0.25, 0.3) is 6.08 Å². The first-order valence-corrected chi connectivity index (χ1v) is 11.8. The Kier molecular flexibility index (Phi) is 5.75. The molecular weight excluding hydrogens is 406 g/mol. The van der Waals surface area contributed by atoms with E-state index in [1.54, 1.807) is 12.2 Å². The van der Waals surface area contributed by atoms with E-state index >= 15 is 0 Å². The lowest BCUT2D eigenvalue weighted by atomic mass is 9.71. The molecule has 3 aliphatic heterocycles. The zero-order chi connectivity index (χ0) is 24.0. The van der Waals surface area contributed by atoms with Gasteiger partial charge < -0.3 is 9.64 Å². The monoisotopic (exact) mass is 439 g/mol. The lowest BCUT2D eigenvalue weighted by Crippen LogP contribution is -2.46. The molecule has 0 saturated heterocycles. The first kappa shape index (κ1) is 22.9. The number of rotatable bonds is 3. The molecule has 4 rings (SSSR count). The number of nitriles is 2. The third kappa shape index (κ3) is 4.49. The van der Waals surface area contributed by atoms with Crippen molar-refractivity contribution < 1.29 is 4.74 Å². The lowest BCUT2D eigenvalue weighted by Gasteiger charge is -2.48. The van der Waals surface area contributed by atoms with Crippen molar-refractivity contribution in [2.75, 3.05) is 18.0 Å². The fraction of sp³-hybridized carbons (Fsp3) is 0.448. The van der Waals surface area contributed by atoms with Crippen LogP contribution in [0.3, 0.4) is 0 Å². The minimum atomic E-state index is 0.102. The summed E-state index contributed by atoms with van der Waals surface area (Å²) in [6.45, 7) is 15.7. The Hall–Kier alpha value is -3.24. The minimum Gasteiger partial charge on any atom is -0.461 e. The third-order valence-corrected chi connectivity index (χ3v) is 6.90. The van der Waals surface area contributed by atoms with Crippen LogP contribution < -0.4 is 4.90 Å². The van der Waals surface area contributed by atoms with Crippen LogP contribution in [0.5, 0.6) is 0 Å². The second-order valence-electron chi connectivity index (χ2n) is 11.2. The highest BCUT2D eigenvalue weighted by atomic mass is 16.5. The zero-order valence-electron chi connectivity index (χ0n) is 20.6. The molecule has 170 valence electrons. The molecule has 4 nitrogen and oxygen atoms in total. The summed E-state index contributed by atoms with van der Waals surface area (Å²) < 4.78 is 6.08. The quantitative estimate of drug-likeness (QED) is 0.500. The van der Waals surface area contributed by atoms with Crippen LogP contribution in [-0.2, 0) is 16.6 Å². The van der Waals surface area contributed by atoms with Gasteiger partial charge in [0.2, 0.25) is 0 Å². The molecule has 0 saturated carbocycles. The van der Waals surface area contributed by atoms with Gasteiger partial charge in [-0.2, -0.15) is 10.5 Å². The van der Waals surface area contributed by atoms with Crippen molar-refractivity contribution in [3.8, 4) is 12.1 Å². The fourth-order valence-corrected chi connectivity index (χ4v) is 5.13. The summed E-state index contributed by atoms with van der Waals surface area (Å²) in [7, 11) is 0. The average molecular weight is 440 g/mol. The van der Waals surface area contributed by atoms with Crippen LogP contribution >= 0.6 is 0 Å². The van der Waals surface area contributed by atoms with Crippen LogP contribution in [0.2, 0.25) is 0 Å². The predicted octanol–water partition coefficient (Wildman–Crippen LogP) is 6.57. The summed E-state index contributed by atoms with van der Waals surface area (Å²) in [4.78, 5) is 2.59. The molecule has 0 aliphatic carbocycles. The molecular formula is C29H33N3O. The molecule has 1 aromatic carbocycles. The van der Waals surface area contributed by atoms with E-state index < -0.39 is 0 Å². The highest BCUT2D eigenvalue weighted by molar-refractivity contribution is 5.71. The molecule has 3 heterocycles. The second-order valence-corrected chi connectivity index (χ2v) is 11.2. The van der Waals surface area contributed by atoms with E-state index in [2.05, 4.69) is 50.8 Å². The Balaban J connectivity index is 1.75. The van der Waals surface area contributed by atoms with Crippen molar-refractivity contribution >= 4 is 11.8 Å². The van der Waals surface area contributed by atoms with Crippen LogP contribution in [-0.4, -0.2) is 13.1 Å². The van der Waals surface area contributed by atoms with E-state index in [4.69, 9.17) is 4.74 Å². The first-order chi connectivity index (χ1) is 15.5. The van der Waals surface area contributed by atoms with E-state index in [-0.39, 0.29) is 22.3 Å². The van der Waals surface area contributed by atoms with Gasteiger partial charge in [0.15, 0.2) is 0 Å². The molecule has 33 heavy (non-hydrogen) atoms. The minimum absolute atomic E-state index is 0.102. The number of allylic oxidation sites excluding steroid dienone is 6. The van der Waals surface area contributed by atoms with Crippen molar-refractivity contribution in [3.05, 3.63) is 69.7 Å². The van der Waals surface area contributed by atoms with Crippen molar-refractivity contribution in [1.82, 2.24) is 0 Å². The number of nitrogens with zero attached hydrogens (tertiary/aromatic N) is 3. The van der Waals surface area contributed by atoms with Gasteiger partial charge in [0.1, 0.15) is 29.2 Å². The summed E-state index contributed by atoms with van der Waals surface area (Å²) in [5, 5.41) is 18.7. The van der Waals surface area contributed by atoms with Gasteiger partial charge >= 0.3 is 0 Å². The first-order valence-electron chi connectivity index (χ1n) is 11.8. The third-order valence-electron chi connectivity index (χ3n) is 6.90. The smallest absolute Gasteiger partial charge is 0.137 e. The van der Waals surface area contributed by atoms with Gasteiger partial charge in [-0.1, -0.05) is 47.6 Å². The van der Waals surface area contributed by atoms with Gasteiger partial charge in [-0.15, -0.1) is 0 Å². The van der Waals surface area contributed by atoms with Crippen molar-refractivity contribution in [2.45, 2.75) is 59.8 Å². The zero-order valence-corrected chi connectivity index (χ0v) is 20.6. The molecule has 0 radical (unpaired) electrons. The van der Waals surface area contributed by atoms with E-state index in [0.29, 0.717) is 11.3 Å². The molecule has 1 aromatic rings. The molecule has 0 aromatic heterocycles. The van der Waals surface area contributed by atoms with Crippen LogP contribution in [0.15, 0.2) is 53.0 Å². The summed E-state index contributed by atoms with van der Waals surface area (Å²) in [5.41, 5.74) is 6.56.